The topological polar surface area (TPSA) is 52.3 Å². The number of nitriles is 1. The zero-order valence-electron chi connectivity index (χ0n) is 16.6. The van der Waals surface area contributed by atoms with Gasteiger partial charge in [-0.3, -0.25) is 9.69 Å². The summed E-state index contributed by atoms with van der Waals surface area (Å²) in [5.74, 6) is 0.0367. The molecule has 1 aromatic heterocycles. The number of hydrogen-bond donors (Lipinski definition) is 0. The molecule has 0 radical (unpaired) electrons. The van der Waals surface area contributed by atoms with E-state index in [1.807, 2.05) is 43.0 Å². The van der Waals surface area contributed by atoms with Crippen molar-refractivity contribution in [3.05, 3.63) is 58.9 Å². The molecule has 0 saturated carbocycles. The van der Waals surface area contributed by atoms with Gasteiger partial charge in [0.25, 0.3) is 5.91 Å². The number of rotatable bonds is 4. The number of benzene rings is 1. The van der Waals surface area contributed by atoms with Crippen LogP contribution in [-0.4, -0.2) is 46.0 Å². The third-order valence-electron chi connectivity index (χ3n) is 5.39. The summed E-state index contributed by atoms with van der Waals surface area (Å²) in [5, 5.41) is 9.65. The highest BCUT2D eigenvalue weighted by Crippen LogP contribution is 2.23. The third kappa shape index (κ3) is 3.91. The molecule has 1 amide bonds. The Hall–Kier alpha value is -2.58. The Morgan fingerprint density at radius 1 is 1.22 bits per heavy atom. The number of nitrogens with zero attached hydrogens (tertiary/aromatic N) is 4. The number of carbonyl (C=O) groups is 1. The average Bonchev–Trinajstić information content (AvgIpc) is 2.96. The third-order valence-corrected chi connectivity index (χ3v) is 5.39. The summed E-state index contributed by atoms with van der Waals surface area (Å²) >= 11 is 0. The largest absolute Gasteiger partial charge is 0.346 e. The number of carbonyl (C=O) groups excluding carboxylic acids is 1. The van der Waals surface area contributed by atoms with Gasteiger partial charge in [0.1, 0.15) is 6.04 Å². The minimum Gasteiger partial charge on any atom is -0.346 e. The van der Waals surface area contributed by atoms with E-state index in [1.54, 1.807) is 0 Å². The van der Waals surface area contributed by atoms with E-state index in [4.69, 9.17) is 0 Å². The van der Waals surface area contributed by atoms with Gasteiger partial charge in [-0.05, 0) is 39.3 Å². The van der Waals surface area contributed by atoms with E-state index in [1.165, 1.54) is 5.56 Å². The second kappa shape index (κ2) is 7.98. The Morgan fingerprint density at radius 3 is 2.52 bits per heavy atom. The summed E-state index contributed by atoms with van der Waals surface area (Å²) in [5.41, 5.74) is 4.06. The predicted octanol–water partition coefficient (Wildman–Crippen LogP) is 3.54. The number of aromatic nitrogens is 1. The summed E-state index contributed by atoms with van der Waals surface area (Å²) in [4.78, 5) is 17.1. The molecule has 0 bridgehead atoms. The van der Waals surface area contributed by atoms with Gasteiger partial charge in [0, 0.05) is 43.6 Å². The van der Waals surface area contributed by atoms with Gasteiger partial charge < -0.3 is 9.47 Å². The Bertz CT molecular complexity index is 847. The second-order valence-electron chi connectivity index (χ2n) is 7.60. The molecule has 0 aliphatic carbocycles. The average molecular weight is 364 g/mol. The standard InChI is InChI=1S/C22H28N4O/c1-16(2)26-17(3)12-21(18(26)4)22(27)25-11-10-24(20(13-23)15-25)14-19-8-6-5-7-9-19/h5-9,12,16,20H,10-11,14-15H2,1-4H3. The van der Waals surface area contributed by atoms with Crippen molar-refractivity contribution in [2.75, 3.05) is 19.6 Å². The molecule has 1 saturated heterocycles. The summed E-state index contributed by atoms with van der Waals surface area (Å²) in [6.07, 6.45) is 0. The van der Waals surface area contributed by atoms with Gasteiger partial charge >= 0.3 is 0 Å². The Kier molecular flexibility index (Phi) is 5.67. The van der Waals surface area contributed by atoms with Gasteiger partial charge in [-0.15, -0.1) is 0 Å². The summed E-state index contributed by atoms with van der Waals surface area (Å²) < 4.78 is 2.20. The van der Waals surface area contributed by atoms with Crippen LogP contribution in [0, 0.1) is 25.2 Å². The van der Waals surface area contributed by atoms with Crippen LogP contribution in [0.5, 0.6) is 0 Å². The summed E-state index contributed by atoms with van der Waals surface area (Å²) in [7, 11) is 0. The SMILES string of the molecule is Cc1cc(C(=O)N2CCN(Cc3ccccc3)C(C#N)C2)c(C)n1C(C)C. The smallest absolute Gasteiger partial charge is 0.255 e. The fourth-order valence-electron chi connectivity index (χ4n) is 4.09. The maximum atomic E-state index is 13.1. The number of piperazine rings is 1. The first-order valence-electron chi connectivity index (χ1n) is 9.57. The zero-order chi connectivity index (χ0) is 19.6. The van der Waals surface area contributed by atoms with Crippen LogP contribution in [-0.2, 0) is 6.54 Å². The molecular formula is C22H28N4O. The molecule has 3 rings (SSSR count). The molecule has 1 aromatic carbocycles. The molecule has 1 aliphatic heterocycles. The molecular weight excluding hydrogens is 336 g/mol. The minimum absolute atomic E-state index is 0.0367. The summed E-state index contributed by atoms with van der Waals surface area (Å²) in [6.45, 7) is 10.9. The van der Waals surface area contributed by atoms with Gasteiger partial charge in [0.05, 0.1) is 11.6 Å². The molecule has 1 aliphatic rings. The van der Waals surface area contributed by atoms with Crippen LogP contribution in [0.2, 0.25) is 0 Å². The lowest BCUT2D eigenvalue weighted by Crippen LogP contribution is -2.53. The first kappa shape index (κ1) is 19.2. The molecule has 142 valence electrons. The van der Waals surface area contributed by atoms with E-state index in [9.17, 15) is 10.1 Å². The van der Waals surface area contributed by atoms with E-state index < -0.39 is 0 Å². The molecule has 5 nitrogen and oxygen atoms in total. The fourth-order valence-corrected chi connectivity index (χ4v) is 4.09. The van der Waals surface area contributed by atoms with E-state index >= 15 is 0 Å². The van der Waals surface area contributed by atoms with Crippen molar-refractivity contribution in [2.24, 2.45) is 0 Å². The van der Waals surface area contributed by atoms with Crippen molar-refractivity contribution < 1.29 is 4.79 Å². The second-order valence-corrected chi connectivity index (χ2v) is 7.60. The highest BCUT2D eigenvalue weighted by Gasteiger charge is 2.31. The van der Waals surface area contributed by atoms with E-state index in [-0.39, 0.29) is 11.9 Å². The van der Waals surface area contributed by atoms with Gasteiger partial charge in [-0.2, -0.15) is 5.26 Å². The van der Waals surface area contributed by atoms with Crippen LogP contribution < -0.4 is 0 Å². The van der Waals surface area contributed by atoms with Gasteiger partial charge in [0.15, 0.2) is 0 Å². The predicted molar refractivity (Wildman–Crippen MR) is 106 cm³/mol. The maximum absolute atomic E-state index is 13.1. The van der Waals surface area contributed by atoms with Gasteiger partial charge in [-0.1, -0.05) is 30.3 Å². The minimum atomic E-state index is -0.281. The molecule has 2 heterocycles. The van der Waals surface area contributed by atoms with E-state index in [0.29, 0.717) is 25.7 Å². The quantitative estimate of drug-likeness (QED) is 0.834. The molecule has 0 N–H and O–H groups in total. The van der Waals surface area contributed by atoms with Crippen LogP contribution in [0.25, 0.3) is 0 Å². The van der Waals surface area contributed by atoms with Crippen molar-refractivity contribution >= 4 is 5.91 Å². The number of amides is 1. The van der Waals surface area contributed by atoms with Crippen LogP contribution in [0.4, 0.5) is 0 Å². The highest BCUT2D eigenvalue weighted by atomic mass is 16.2. The van der Waals surface area contributed by atoms with E-state index in [0.717, 1.165) is 23.5 Å². The van der Waals surface area contributed by atoms with Crippen molar-refractivity contribution in [3.8, 4) is 6.07 Å². The first-order valence-corrected chi connectivity index (χ1v) is 9.57. The Balaban J connectivity index is 1.74. The van der Waals surface area contributed by atoms with Gasteiger partial charge in [-0.25, -0.2) is 0 Å². The molecule has 1 fully saturated rings. The van der Waals surface area contributed by atoms with Crippen LogP contribution in [0.3, 0.4) is 0 Å². The molecule has 1 unspecified atom stereocenters. The van der Waals surface area contributed by atoms with Crippen molar-refractivity contribution in [2.45, 2.75) is 46.3 Å². The maximum Gasteiger partial charge on any atom is 0.255 e. The van der Waals surface area contributed by atoms with Crippen molar-refractivity contribution in [3.63, 3.8) is 0 Å². The Labute approximate surface area is 161 Å². The van der Waals surface area contributed by atoms with Crippen molar-refractivity contribution in [1.29, 1.82) is 5.26 Å². The monoisotopic (exact) mass is 364 g/mol. The van der Waals surface area contributed by atoms with Crippen LogP contribution >= 0.6 is 0 Å². The summed E-state index contributed by atoms with van der Waals surface area (Å²) in [6, 6.07) is 14.6. The first-order chi connectivity index (χ1) is 12.9. The van der Waals surface area contributed by atoms with Crippen LogP contribution in [0.15, 0.2) is 36.4 Å². The number of aryl methyl sites for hydroxylation is 1. The Morgan fingerprint density at radius 2 is 1.93 bits per heavy atom. The van der Waals surface area contributed by atoms with E-state index in [2.05, 4.69) is 41.5 Å². The zero-order valence-corrected chi connectivity index (χ0v) is 16.6. The molecule has 1 atom stereocenters. The lowest BCUT2D eigenvalue weighted by Gasteiger charge is -2.38. The molecule has 5 heteroatoms. The fraction of sp³-hybridized carbons (Fsp3) is 0.455. The normalized spacial score (nSPS) is 17.9. The molecule has 2 aromatic rings. The van der Waals surface area contributed by atoms with Gasteiger partial charge in [0.2, 0.25) is 0 Å². The molecule has 27 heavy (non-hydrogen) atoms. The highest BCUT2D eigenvalue weighted by molar-refractivity contribution is 5.96. The van der Waals surface area contributed by atoms with Crippen LogP contribution in [0.1, 0.15) is 47.2 Å². The lowest BCUT2D eigenvalue weighted by molar-refractivity contribution is 0.0551. The number of hydrogen-bond acceptors (Lipinski definition) is 3. The molecule has 0 spiro atoms. The van der Waals surface area contributed by atoms with Crippen molar-refractivity contribution in [1.82, 2.24) is 14.4 Å². The lowest BCUT2D eigenvalue weighted by atomic mass is 10.1.